The number of Topliss-reactive ketones (excluding diaryl/α,β-unsaturated/α-hetero) is 1. The lowest BCUT2D eigenvalue weighted by Gasteiger charge is -2.28. The first-order valence-corrected chi connectivity index (χ1v) is 7.37. The summed E-state index contributed by atoms with van der Waals surface area (Å²) in [5.41, 5.74) is 5.29. The van der Waals surface area contributed by atoms with Gasteiger partial charge in [0.15, 0.2) is 0 Å². The van der Waals surface area contributed by atoms with Gasteiger partial charge in [0, 0.05) is 17.9 Å². The Kier molecular flexibility index (Phi) is 4.82. The fourth-order valence-electron chi connectivity index (χ4n) is 2.44. The molecule has 23 heavy (non-hydrogen) atoms. The summed E-state index contributed by atoms with van der Waals surface area (Å²) in [6, 6.07) is 4.21. The molecule has 0 bridgehead atoms. The standard InChI is InChI=1S/C17H20F2N2O2/c1-10(2)15(22)7-11-4-5-14(19)13(6-11)17(3)8-12(9-18)23-16(20)21-17/h4-6,8,10H,7,9H2,1-3H3,(H2,20,21)/t17-/m0/s1. The Bertz CT molecular complexity index is 683. The average Bonchev–Trinajstić information content (AvgIpc) is 2.47. The fraction of sp³-hybridized carbons (Fsp3) is 0.412. The van der Waals surface area contributed by atoms with E-state index in [-0.39, 0.29) is 35.5 Å². The van der Waals surface area contributed by atoms with E-state index >= 15 is 0 Å². The minimum Gasteiger partial charge on any atom is -0.428 e. The smallest absolute Gasteiger partial charge is 0.288 e. The molecule has 2 N–H and O–H groups in total. The van der Waals surface area contributed by atoms with E-state index in [2.05, 4.69) is 4.99 Å². The van der Waals surface area contributed by atoms with Gasteiger partial charge in [-0.25, -0.2) is 13.8 Å². The fourth-order valence-corrected chi connectivity index (χ4v) is 2.44. The van der Waals surface area contributed by atoms with Crippen molar-refractivity contribution in [2.24, 2.45) is 16.6 Å². The monoisotopic (exact) mass is 322 g/mol. The molecule has 1 heterocycles. The Labute approximate surface area is 134 Å². The van der Waals surface area contributed by atoms with Crippen molar-refractivity contribution in [3.8, 4) is 0 Å². The van der Waals surface area contributed by atoms with Gasteiger partial charge in [0.25, 0.3) is 6.02 Å². The second-order valence-electron chi connectivity index (χ2n) is 6.06. The third kappa shape index (κ3) is 3.75. The zero-order valence-electron chi connectivity index (χ0n) is 13.4. The summed E-state index contributed by atoms with van der Waals surface area (Å²) < 4.78 is 32.2. The van der Waals surface area contributed by atoms with Crippen LogP contribution in [0.1, 0.15) is 31.9 Å². The first-order chi connectivity index (χ1) is 10.7. The number of carbonyl (C=O) groups is 1. The van der Waals surface area contributed by atoms with Crippen LogP contribution in [-0.4, -0.2) is 18.5 Å². The molecule has 0 fully saturated rings. The molecule has 0 aliphatic carbocycles. The molecule has 1 atom stereocenters. The van der Waals surface area contributed by atoms with Gasteiger partial charge >= 0.3 is 0 Å². The van der Waals surface area contributed by atoms with E-state index in [0.29, 0.717) is 5.56 Å². The van der Waals surface area contributed by atoms with E-state index in [0.717, 1.165) is 0 Å². The number of halogens is 2. The molecule has 0 amide bonds. The number of hydrogen-bond donors (Lipinski definition) is 1. The van der Waals surface area contributed by atoms with Crippen molar-refractivity contribution in [1.29, 1.82) is 0 Å². The van der Waals surface area contributed by atoms with E-state index in [1.165, 1.54) is 12.1 Å². The van der Waals surface area contributed by atoms with Crippen molar-refractivity contribution < 1.29 is 18.3 Å². The van der Waals surface area contributed by atoms with Crippen molar-refractivity contribution in [3.05, 3.63) is 47.0 Å². The highest BCUT2D eigenvalue weighted by atomic mass is 19.1. The molecule has 0 unspecified atom stereocenters. The summed E-state index contributed by atoms with van der Waals surface area (Å²) >= 11 is 0. The minimum absolute atomic E-state index is 0.0111. The predicted molar refractivity (Wildman–Crippen MR) is 84.1 cm³/mol. The van der Waals surface area contributed by atoms with Crippen LogP contribution >= 0.6 is 0 Å². The maximum Gasteiger partial charge on any atom is 0.288 e. The summed E-state index contributed by atoms with van der Waals surface area (Å²) in [4.78, 5) is 16.0. The average molecular weight is 322 g/mol. The summed E-state index contributed by atoms with van der Waals surface area (Å²) in [6.07, 6.45) is 1.60. The number of ether oxygens (including phenoxy) is 1. The number of allylic oxidation sites excluding steroid dienone is 1. The Morgan fingerprint density at radius 2 is 2.13 bits per heavy atom. The van der Waals surface area contributed by atoms with E-state index in [1.807, 2.05) is 13.8 Å². The van der Waals surface area contributed by atoms with E-state index in [1.54, 1.807) is 19.1 Å². The highest BCUT2D eigenvalue weighted by molar-refractivity contribution is 5.82. The van der Waals surface area contributed by atoms with Crippen molar-refractivity contribution in [2.75, 3.05) is 6.67 Å². The van der Waals surface area contributed by atoms with E-state index in [4.69, 9.17) is 10.5 Å². The van der Waals surface area contributed by atoms with Crippen LogP contribution in [0.5, 0.6) is 0 Å². The zero-order valence-corrected chi connectivity index (χ0v) is 13.4. The molecule has 4 nitrogen and oxygen atoms in total. The SMILES string of the molecule is CC(C)C(=O)Cc1ccc(F)c([C@]2(C)C=C(CF)OC(N)=N2)c1. The molecule has 0 saturated heterocycles. The Morgan fingerprint density at radius 1 is 1.43 bits per heavy atom. The van der Waals surface area contributed by atoms with E-state index < -0.39 is 18.0 Å². The normalized spacial score (nSPS) is 20.8. The van der Waals surface area contributed by atoms with Gasteiger partial charge in [-0.2, -0.15) is 0 Å². The number of nitrogens with zero attached hydrogens (tertiary/aromatic N) is 1. The maximum absolute atomic E-state index is 14.3. The van der Waals surface area contributed by atoms with Gasteiger partial charge in [0.05, 0.1) is 0 Å². The molecule has 0 radical (unpaired) electrons. The number of nitrogens with two attached hydrogens (primary N) is 1. The number of aliphatic imine (C=N–C) groups is 1. The summed E-state index contributed by atoms with van der Waals surface area (Å²) in [7, 11) is 0. The molecule has 1 aliphatic heterocycles. The van der Waals surface area contributed by atoms with Gasteiger partial charge in [-0.1, -0.05) is 19.9 Å². The van der Waals surface area contributed by atoms with Gasteiger partial charge in [-0.05, 0) is 30.7 Å². The minimum atomic E-state index is -1.18. The van der Waals surface area contributed by atoms with Crippen LogP contribution in [0.25, 0.3) is 0 Å². The first-order valence-electron chi connectivity index (χ1n) is 7.37. The number of carbonyl (C=O) groups excluding carboxylic acids is 1. The van der Waals surface area contributed by atoms with Crippen molar-refractivity contribution in [1.82, 2.24) is 0 Å². The van der Waals surface area contributed by atoms with Gasteiger partial charge in [0.1, 0.15) is 29.6 Å². The van der Waals surface area contributed by atoms with Gasteiger partial charge < -0.3 is 10.5 Å². The quantitative estimate of drug-likeness (QED) is 0.906. The predicted octanol–water partition coefficient (Wildman–Crippen LogP) is 3.01. The van der Waals surface area contributed by atoms with Crippen molar-refractivity contribution >= 4 is 11.8 Å². The second-order valence-corrected chi connectivity index (χ2v) is 6.06. The van der Waals surface area contributed by atoms with Crippen molar-refractivity contribution in [3.63, 3.8) is 0 Å². The third-order valence-corrected chi connectivity index (χ3v) is 3.75. The summed E-state index contributed by atoms with van der Waals surface area (Å²) in [5, 5.41) is 0. The molecule has 1 aliphatic rings. The summed E-state index contributed by atoms with van der Waals surface area (Å²) in [6.45, 7) is 4.38. The van der Waals surface area contributed by atoms with Crippen LogP contribution in [0.2, 0.25) is 0 Å². The number of benzene rings is 1. The Morgan fingerprint density at radius 3 is 2.74 bits per heavy atom. The highest BCUT2D eigenvalue weighted by Gasteiger charge is 2.32. The second kappa shape index (κ2) is 6.48. The number of rotatable bonds is 5. The molecule has 0 aromatic heterocycles. The maximum atomic E-state index is 14.3. The molecular weight excluding hydrogens is 302 g/mol. The van der Waals surface area contributed by atoms with E-state index in [9.17, 15) is 13.6 Å². The van der Waals surface area contributed by atoms with Crippen LogP contribution in [0.4, 0.5) is 8.78 Å². The topological polar surface area (TPSA) is 64.7 Å². The van der Waals surface area contributed by atoms with Crippen LogP contribution in [0, 0.1) is 11.7 Å². The van der Waals surface area contributed by atoms with Crippen LogP contribution in [0.3, 0.4) is 0 Å². The molecule has 6 heteroatoms. The lowest BCUT2D eigenvalue weighted by Crippen LogP contribution is -2.31. The number of alkyl halides is 1. The molecule has 2 rings (SSSR count). The first kappa shape index (κ1) is 17.1. The molecule has 1 aromatic rings. The number of amidine groups is 1. The van der Waals surface area contributed by atoms with Crippen LogP contribution < -0.4 is 5.73 Å². The molecule has 1 aromatic carbocycles. The van der Waals surface area contributed by atoms with Gasteiger partial charge in [-0.3, -0.25) is 4.79 Å². The molecule has 124 valence electrons. The third-order valence-electron chi connectivity index (χ3n) is 3.75. The van der Waals surface area contributed by atoms with Crippen LogP contribution in [0.15, 0.2) is 35.0 Å². The van der Waals surface area contributed by atoms with Gasteiger partial charge in [-0.15, -0.1) is 0 Å². The molecule has 0 saturated carbocycles. The van der Waals surface area contributed by atoms with Gasteiger partial charge in [0.2, 0.25) is 0 Å². The Balaban J connectivity index is 2.44. The zero-order chi connectivity index (χ0) is 17.2. The van der Waals surface area contributed by atoms with Crippen LogP contribution in [-0.2, 0) is 21.5 Å². The number of hydrogen-bond acceptors (Lipinski definition) is 4. The lowest BCUT2D eigenvalue weighted by molar-refractivity contribution is -0.121. The highest BCUT2D eigenvalue weighted by Crippen LogP contribution is 2.34. The summed E-state index contributed by atoms with van der Waals surface area (Å²) in [5.74, 6) is -0.555. The number of ketones is 1. The largest absolute Gasteiger partial charge is 0.428 e. The Hall–Kier alpha value is -2.24. The molecule has 0 spiro atoms. The lowest BCUT2D eigenvalue weighted by atomic mass is 9.88. The molecular formula is C17H20F2N2O2. The van der Waals surface area contributed by atoms with Crippen molar-refractivity contribution in [2.45, 2.75) is 32.7 Å².